The molecule has 0 aliphatic rings. The van der Waals surface area contributed by atoms with Crippen LogP contribution in [-0.4, -0.2) is 26.9 Å². The Balaban J connectivity index is 1.61. The summed E-state index contributed by atoms with van der Waals surface area (Å²) in [5.74, 6) is 0.0106. The molecule has 0 spiro atoms. The van der Waals surface area contributed by atoms with Crippen molar-refractivity contribution in [3.63, 3.8) is 0 Å². The van der Waals surface area contributed by atoms with Crippen LogP contribution in [0.5, 0.6) is 0 Å². The van der Waals surface area contributed by atoms with Crippen molar-refractivity contribution >= 4 is 57.6 Å². The predicted molar refractivity (Wildman–Crippen MR) is 108 cm³/mol. The molecule has 5 nitrogen and oxygen atoms in total. The molecule has 1 amide bonds. The molecule has 3 aromatic rings. The lowest BCUT2D eigenvalue weighted by Crippen LogP contribution is -2.21. The minimum Gasteiger partial charge on any atom is -0.322 e. The number of halogens is 2. The molecule has 3 rings (SSSR count). The number of aromatic nitrogens is 2. The van der Waals surface area contributed by atoms with Gasteiger partial charge in [-0.05, 0) is 36.8 Å². The first kappa shape index (κ1) is 18.8. The highest BCUT2D eigenvalue weighted by molar-refractivity contribution is 7.99. The topological polar surface area (TPSA) is 59.3 Å². The minimum absolute atomic E-state index is 0.207. The number of aryl methyl sites for hydroxylation is 1. The molecule has 0 aliphatic heterocycles. The van der Waals surface area contributed by atoms with Gasteiger partial charge >= 0.3 is 0 Å². The highest BCUT2D eigenvalue weighted by Gasteiger charge is 2.10. The molecular formula is C18H16Cl2N4OS. The van der Waals surface area contributed by atoms with Gasteiger partial charge < -0.3 is 4.57 Å². The van der Waals surface area contributed by atoms with Crippen LogP contribution in [0.2, 0.25) is 10.0 Å². The van der Waals surface area contributed by atoms with Crippen LogP contribution in [0.3, 0.4) is 0 Å². The summed E-state index contributed by atoms with van der Waals surface area (Å²) in [6.45, 7) is 1.79. The summed E-state index contributed by atoms with van der Waals surface area (Å²) in [6.07, 6.45) is 0. The van der Waals surface area contributed by atoms with Gasteiger partial charge in [-0.2, -0.15) is 5.10 Å². The molecule has 8 heteroatoms. The lowest BCUT2D eigenvalue weighted by Gasteiger charge is -2.05. The van der Waals surface area contributed by atoms with E-state index in [-0.39, 0.29) is 11.7 Å². The molecule has 0 saturated carbocycles. The van der Waals surface area contributed by atoms with Gasteiger partial charge in [-0.1, -0.05) is 53.2 Å². The first-order valence-corrected chi connectivity index (χ1v) is 9.52. The van der Waals surface area contributed by atoms with Crippen molar-refractivity contribution in [1.29, 1.82) is 0 Å². The second-order valence-corrected chi connectivity index (χ2v) is 7.35. The summed E-state index contributed by atoms with van der Waals surface area (Å²) in [6, 6.07) is 13.1. The Morgan fingerprint density at radius 2 is 2.00 bits per heavy atom. The Bertz CT molecular complexity index is 1000. The Hall–Kier alpha value is -2.02. The molecule has 0 aliphatic carbocycles. The third-order valence-electron chi connectivity index (χ3n) is 3.76. The molecule has 1 heterocycles. The summed E-state index contributed by atoms with van der Waals surface area (Å²) in [7, 11) is 1.93. The highest BCUT2D eigenvalue weighted by atomic mass is 35.5. The standard InChI is InChI=1S/C18H16Cl2N4OS/c1-11(12-7-8-13(19)14(20)9-12)22-23-17(25)10-26-18-21-15-5-3-4-6-16(15)24(18)2/h3-9H,10H2,1-2H3,(H,23,25). The van der Waals surface area contributed by atoms with Crippen molar-refractivity contribution in [3.8, 4) is 0 Å². The van der Waals surface area contributed by atoms with E-state index in [1.54, 1.807) is 25.1 Å². The summed E-state index contributed by atoms with van der Waals surface area (Å²) >= 11 is 13.3. The number of benzene rings is 2. The Labute approximate surface area is 165 Å². The number of hydrogen-bond donors (Lipinski definition) is 1. The van der Waals surface area contributed by atoms with Crippen LogP contribution < -0.4 is 5.43 Å². The van der Waals surface area contributed by atoms with Gasteiger partial charge in [0.1, 0.15) is 0 Å². The second kappa shape index (κ2) is 8.12. The van der Waals surface area contributed by atoms with Gasteiger partial charge in [0.2, 0.25) is 0 Å². The van der Waals surface area contributed by atoms with Crippen molar-refractivity contribution in [3.05, 3.63) is 58.1 Å². The van der Waals surface area contributed by atoms with Crippen LogP contribution in [0.25, 0.3) is 11.0 Å². The molecule has 134 valence electrons. The fourth-order valence-corrected chi connectivity index (χ4v) is 3.42. The first-order chi connectivity index (χ1) is 12.5. The number of thioether (sulfide) groups is 1. The average molecular weight is 407 g/mol. The molecule has 0 atom stereocenters. The number of nitrogens with zero attached hydrogens (tertiary/aromatic N) is 3. The van der Waals surface area contributed by atoms with E-state index in [1.807, 2.05) is 35.9 Å². The number of fused-ring (bicyclic) bond motifs is 1. The molecule has 2 aromatic carbocycles. The Morgan fingerprint density at radius 3 is 2.73 bits per heavy atom. The van der Waals surface area contributed by atoms with E-state index < -0.39 is 0 Å². The summed E-state index contributed by atoms with van der Waals surface area (Å²) in [5.41, 5.74) is 5.93. The number of hydrogen-bond acceptors (Lipinski definition) is 4. The van der Waals surface area contributed by atoms with Gasteiger partial charge in [0.15, 0.2) is 5.16 Å². The average Bonchev–Trinajstić information content (AvgIpc) is 2.96. The second-order valence-electron chi connectivity index (χ2n) is 5.59. The van der Waals surface area contributed by atoms with Crippen molar-refractivity contribution in [2.45, 2.75) is 12.1 Å². The van der Waals surface area contributed by atoms with E-state index >= 15 is 0 Å². The number of carbonyl (C=O) groups is 1. The van der Waals surface area contributed by atoms with Crippen molar-refractivity contribution in [1.82, 2.24) is 15.0 Å². The Kier molecular flexibility index (Phi) is 5.86. The molecule has 0 fully saturated rings. The zero-order valence-electron chi connectivity index (χ0n) is 14.2. The van der Waals surface area contributed by atoms with Crippen LogP contribution in [0, 0.1) is 0 Å². The molecule has 1 aromatic heterocycles. The van der Waals surface area contributed by atoms with Crippen molar-refractivity contribution < 1.29 is 4.79 Å². The number of rotatable bonds is 5. The minimum atomic E-state index is -0.207. The fourth-order valence-electron chi connectivity index (χ4n) is 2.35. The highest BCUT2D eigenvalue weighted by Crippen LogP contribution is 2.23. The maximum atomic E-state index is 12.1. The maximum Gasteiger partial charge on any atom is 0.250 e. The Morgan fingerprint density at radius 1 is 1.23 bits per heavy atom. The SMILES string of the molecule is CC(=NNC(=O)CSc1nc2ccccc2n1C)c1ccc(Cl)c(Cl)c1. The van der Waals surface area contributed by atoms with Gasteiger partial charge in [-0.3, -0.25) is 4.79 Å². The predicted octanol–water partition coefficient (Wildman–Crippen LogP) is 4.51. The monoisotopic (exact) mass is 406 g/mol. The molecule has 0 saturated heterocycles. The van der Waals surface area contributed by atoms with Crippen LogP contribution in [0.15, 0.2) is 52.7 Å². The van der Waals surface area contributed by atoms with Crippen LogP contribution in [0.1, 0.15) is 12.5 Å². The van der Waals surface area contributed by atoms with Crippen LogP contribution in [-0.2, 0) is 11.8 Å². The smallest absolute Gasteiger partial charge is 0.250 e. The van der Waals surface area contributed by atoms with E-state index in [1.165, 1.54) is 11.8 Å². The number of hydrazone groups is 1. The van der Waals surface area contributed by atoms with Gasteiger partial charge in [0.05, 0.1) is 32.5 Å². The number of carbonyl (C=O) groups excluding carboxylic acids is 1. The van der Waals surface area contributed by atoms with Gasteiger partial charge in [0.25, 0.3) is 5.91 Å². The number of para-hydroxylation sites is 2. The third-order valence-corrected chi connectivity index (χ3v) is 5.53. The van der Waals surface area contributed by atoms with E-state index in [0.29, 0.717) is 15.8 Å². The molecular weight excluding hydrogens is 391 g/mol. The number of imidazole rings is 1. The zero-order chi connectivity index (χ0) is 18.7. The quantitative estimate of drug-likeness (QED) is 0.385. The largest absolute Gasteiger partial charge is 0.322 e. The summed E-state index contributed by atoms with van der Waals surface area (Å²) < 4.78 is 1.97. The first-order valence-electron chi connectivity index (χ1n) is 7.78. The third kappa shape index (κ3) is 4.20. The van der Waals surface area contributed by atoms with Gasteiger partial charge in [-0.25, -0.2) is 10.4 Å². The molecule has 1 N–H and O–H groups in total. The summed E-state index contributed by atoms with van der Waals surface area (Å²) in [5, 5.41) is 5.83. The van der Waals surface area contributed by atoms with E-state index in [0.717, 1.165) is 21.8 Å². The van der Waals surface area contributed by atoms with Gasteiger partial charge in [0, 0.05) is 7.05 Å². The lowest BCUT2D eigenvalue weighted by atomic mass is 10.1. The molecule has 0 bridgehead atoms. The maximum absolute atomic E-state index is 12.1. The van der Waals surface area contributed by atoms with E-state index in [4.69, 9.17) is 23.2 Å². The molecule has 0 radical (unpaired) electrons. The fraction of sp³-hybridized carbons (Fsp3) is 0.167. The number of nitrogens with one attached hydrogen (secondary N) is 1. The van der Waals surface area contributed by atoms with Crippen LogP contribution in [0.4, 0.5) is 0 Å². The summed E-state index contributed by atoms with van der Waals surface area (Å²) in [4.78, 5) is 16.6. The zero-order valence-corrected chi connectivity index (χ0v) is 16.5. The van der Waals surface area contributed by atoms with Crippen molar-refractivity contribution in [2.24, 2.45) is 12.1 Å². The molecule has 26 heavy (non-hydrogen) atoms. The van der Waals surface area contributed by atoms with E-state index in [2.05, 4.69) is 15.5 Å². The lowest BCUT2D eigenvalue weighted by molar-refractivity contribution is -0.118. The van der Waals surface area contributed by atoms with Gasteiger partial charge in [-0.15, -0.1) is 0 Å². The van der Waals surface area contributed by atoms with Crippen molar-refractivity contribution in [2.75, 3.05) is 5.75 Å². The number of amides is 1. The normalized spacial score (nSPS) is 11.8. The molecule has 0 unspecified atom stereocenters. The van der Waals surface area contributed by atoms with Crippen LogP contribution >= 0.6 is 35.0 Å². The van der Waals surface area contributed by atoms with E-state index in [9.17, 15) is 4.79 Å².